The van der Waals surface area contributed by atoms with Crippen LogP contribution < -0.4 is 10.6 Å². The summed E-state index contributed by atoms with van der Waals surface area (Å²) in [5, 5.41) is 29.0. The molecule has 2 amide bonds. The molecule has 3 heterocycles. The largest absolute Gasteiger partial charge is 0.468 e. The first kappa shape index (κ1) is 45.4. The zero-order valence-electron chi connectivity index (χ0n) is 37.2. The van der Waals surface area contributed by atoms with E-state index in [1.54, 1.807) is 0 Å². The smallest absolute Gasteiger partial charge is 0.324 e. The number of amides is 2. The highest BCUT2D eigenvalue weighted by atomic mass is 16.6. The van der Waals surface area contributed by atoms with Gasteiger partial charge in [-0.05, 0) is 113 Å². The van der Waals surface area contributed by atoms with Gasteiger partial charge in [-0.3, -0.25) is 28.9 Å². The molecule has 0 aromatic carbocycles. The molecule has 8 fully saturated rings. The highest BCUT2D eigenvalue weighted by Gasteiger charge is 2.77. The third-order valence-corrected chi connectivity index (χ3v) is 17.3. The van der Waals surface area contributed by atoms with Crippen LogP contribution in [0.5, 0.6) is 0 Å². The predicted octanol–water partition coefficient (Wildman–Crippen LogP) is 4.98. The molecule has 3 saturated heterocycles. The summed E-state index contributed by atoms with van der Waals surface area (Å²) >= 11 is 0. The molecule has 13 nitrogen and oxygen atoms in total. The van der Waals surface area contributed by atoms with Crippen molar-refractivity contribution in [1.29, 1.82) is 0 Å². The number of ether oxygens (including phenoxy) is 3. The molecule has 5 aliphatic carbocycles. The fraction of sp³-hybridized carbons (Fsp3) is 0.857. The van der Waals surface area contributed by atoms with Crippen LogP contribution in [0.3, 0.4) is 0 Å². The van der Waals surface area contributed by atoms with Crippen molar-refractivity contribution in [3.05, 3.63) is 0 Å². The number of fused-ring (bicyclic) bond motifs is 3. The number of hydrogen-bond acceptors (Lipinski definition) is 11. The van der Waals surface area contributed by atoms with Crippen LogP contribution >= 0.6 is 0 Å². The summed E-state index contributed by atoms with van der Waals surface area (Å²) in [7, 11) is 2.45. The zero-order chi connectivity index (χ0) is 43.5. The first-order chi connectivity index (χ1) is 30.1. The summed E-state index contributed by atoms with van der Waals surface area (Å²) in [6.45, 7) is 0.0558. The highest BCUT2D eigenvalue weighted by molar-refractivity contribution is 5.99. The number of cyclic esters (lactones) is 1. The van der Waals surface area contributed by atoms with E-state index in [0.717, 1.165) is 89.9 Å². The molecule has 0 aromatic rings. The van der Waals surface area contributed by atoms with Gasteiger partial charge in [-0.25, -0.2) is 0 Å². The quantitative estimate of drug-likeness (QED) is 0.101. The summed E-state index contributed by atoms with van der Waals surface area (Å²) < 4.78 is 16.6. The molecule has 13 heteroatoms. The molecule has 5 saturated carbocycles. The van der Waals surface area contributed by atoms with Gasteiger partial charge in [-0.2, -0.15) is 0 Å². The van der Waals surface area contributed by atoms with Crippen molar-refractivity contribution in [2.24, 2.45) is 52.8 Å². The number of rotatable bonds is 10. The van der Waals surface area contributed by atoms with Crippen LogP contribution in [0.4, 0.5) is 0 Å². The van der Waals surface area contributed by atoms with Gasteiger partial charge in [0.2, 0.25) is 11.8 Å². The maximum atomic E-state index is 15.6. The molecule has 4 N–H and O–H groups in total. The van der Waals surface area contributed by atoms with Gasteiger partial charge >= 0.3 is 17.9 Å². The number of aliphatic hydroxyl groups is 2. The molecule has 62 heavy (non-hydrogen) atoms. The van der Waals surface area contributed by atoms with Crippen molar-refractivity contribution in [2.75, 3.05) is 20.8 Å². The van der Waals surface area contributed by atoms with E-state index < -0.39 is 59.5 Å². The lowest BCUT2D eigenvalue weighted by Gasteiger charge is -2.54. The first-order valence-electron chi connectivity index (χ1n) is 24.6. The normalized spacial score (nSPS) is 37.6. The molecule has 0 aromatic heterocycles. The van der Waals surface area contributed by atoms with Crippen LogP contribution in [-0.4, -0.2) is 108 Å². The van der Waals surface area contributed by atoms with Crippen molar-refractivity contribution in [3.63, 3.8) is 0 Å². The second-order valence-electron chi connectivity index (χ2n) is 20.5. The van der Waals surface area contributed by atoms with Crippen molar-refractivity contribution < 1.29 is 48.4 Å². The predicted molar refractivity (Wildman–Crippen MR) is 228 cm³/mol. The molecule has 3 aliphatic heterocycles. The van der Waals surface area contributed by atoms with Gasteiger partial charge in [0, 0.05) is 31.0 Å². The lowest BCUT2D eigenvalue weighted by molar-refractivity contribution is -0.190. The fourth-order valence-electron chi connectivity index (χ4n) is 14.4. The number of nitrogens with zero attached hydrogens (tertiary/aromatic N) is 1. The van der Waals surface area contributed by atoms with E-state index in [2.05, 4.69) is 27.4 Å². The van der Waals surface area contributed by atoms with E-state index in [1.165, 1.54) is 20.6 Å². The van der Waals surface area contributed by atoms with Crippen molar-refractivity contribution in [1.82, 2.24) is 15.5 Å². The Hall–Kier alpha value is -3.21. The molecular weight excluding hydrogens is 791 g/mol. The number of methoxy groups -OCH3 is 2. The Kier molecular flexibility index (Phi) is 14.6. The summed E-state index contributed by atoms with van der Waals surface area (Å²) in [6.07, 6.45) is 18.6. The van der Waals surface area contributed by atoms with E-state index in [1.807, 2.05) is 0 Å². The Morgan fingerprint density at radius 2 is 1.44 bits per heavy atom. The van der Waals surface area contributed by atoms with Gasteiger partial charge in [0.1, 0.15) is 12.1 Å². The molecule has 8 rings (SSSR count). The van der Waals surface area contributed by atoms with Gasteiger partial charge in [0.05, 0.1) is 43.8 Å². The van der Waals surface area contributed by atoms with E-state index in [0.29, 0.717) is 44.9 Å². The van der Waals surface area contributed by atoms with Crippen LogP contribution in [0, 0.1) is 64.6 Å². The van der Waals surface area contributed by atoms with Gasteiger partial charge in [-0.15, -0.1) is 5.92 Å². The first-order valence-corrected chi connectivity index (χ1v) is 24.6. The molecule has 8 aliphatic rings. The minimum Gasteiger partial charge on any atom is -0.468 e. The SMILES string of the molecule is COC(=O)C(CC#CC1CCC2NC(=O)[C@@]3(C2C1)[C@H](C1CCC(O)CC1)N1[C@H](C2CCCCC2)[C@H](C2CCCCC2)OC(=O)[C@H]1[C@@H]3C(=O)NC[C@H](O)C1CCCCC1)C(=O)OC. The van der Waals surface area contributed by atoms with Crippen LogP contribution in [-0.2, 0) is 38.2 Å². The maximum absolute atomic E-state index is 15.6. The molecule has 10 atom stereocenters. The summed E-state index contributed by atoms with van der Waals surface area (Å²) in [6, 6.07) is -1.80. The van der Waals surface area contributed by atoms with Crippen molar-refractivity contribution in [3.8, 4) is 11.8 Å². The number of carbonyl (C=O) groups is 5. The average Bonchev–Trinajstić information content (AvgIpc) is 3.78. The molecule has 1 spiro atoms. The van der Waals surface area contributed by atoms with E-state index in [-0.39, 0.29) is 78.5 Å². The maximum Gasteiger partial charge on any atom is 0.324 e. The number of morpholine rings is 1. The van der Waals surface area contributed by atoms with E-state index in [4.69, 9.17) is 14.2 Å². The van der Waals surface area contributed by atoms with Gasteiger partial charge in [0.25, 0.3) is 0 Å². The third kappa shape index (κ3) is 8.67. The summed E-state index contributed by atoms with van der Waals surface area (Å²) in [5.41, 5.74) is -1.31. The lowest BCUT2D eigenvalue weighted by Crippen LogP contribution is -2.66. The lowest BCUT2D eigenvalue weighted by atomic mass is 9.55. The molecule has 0 bridgehead atoms. The van der Waals surface area contributed by atoms with Crippen LogP contribution in [0.2, 0.25) is 0 Å². The van der Waals surface area contributed by atoms with E-state index in [9.17, 15) is 19.8 Å². The Labute approximate surface area is 368 Å². The fourth-order valence-corrected chi connectivity index (χ4v) is 14.4. The van der Waals surface area contributed by atoms with Crippen LogP contribution in [0.1, 0.15) is 148 Å². The number of aliphatic hydroxyl groups excluding tert-OH is 2. The number of nitrogens with one attached hydrogen (secondary N) is 2. The van der Waals surface area contributed by atoms with Gasteiger partial charge in [-0.1, -0.05) is 63.7 Å². The minimum atomic E-state index is -1.31. The Morgan fingerprint density at radius 1 is 0.823 bits per heavy atom. The average molecular weight is 864 g/mol. The van der Waals surface area contributed by atoms with Gasteiger partial charge in [0.15, 0.2) is 5.92 Å². The molecule has 344 valence electrons. The highest BCUT2D eigenvalue weighted by Crippen LogP contribution is 2.64. The van der Waals surface area contributed by atoms with Gasteiger partial charge < -0.3 is 35.1 Å². The van der Waals surface area contributed by atoms with Crippen LogP contribution in [0.15, 0.2) is 0 Å². The van der Waals surface area contributed by atoms with Crippen molar-refractivity contribution >= 4 is 29.7 Å². The van der Waals surface area contributed by atoms with Crippen LogP contribution in [0.25, 0.3) is 0 Å². The Morgan fingerprint density at radius 3 is 2.06 bits per heavy atom. The topological polar surface area (TPSA) is 181 Å². The van der Waals surface area contributed by atoms with E-state index >= 15 is 14.4 Å². The minimum absolute atomic E-state index is 0.0487. The molecule has 3 unspecified atom stereocenters. The second-order valence-corrected chi connectivity index (χ2v) is 20.5. The number of hydrogen-bond donors (Lipinski definition) is 4. The monoisotopic (exact) mass is 864 g/mol. The number of carbonyl (C=O) groups excluding carboxylic acids is 5. The Bertz CT molecular complexity index is 1670. The number of esters is 3. The van der Waals surface area contributed by atoms with Crippen molar-refractivity contribution in [2.45, 2.75) is 190 Å². The standard InChI is InChI=1S/C49H73N3O10/c1-60-45(56)35(46(57)61-2)20-12-13-29-21-26-37-36(27-29)49(48(59)51-37)39(44(55)50-28-38(54)30-14-6-3-7-15-30)41-47(58)62-42(32-18-10-5-11-19-32)40(31-16-8-4-9-17-31)52(41)43(49)33-22-24-34(53)25-23-33/h29-43,53-54H,3-11,14-28H2,1-2H3,(H,50,55)(H,51,59)/t29?,33?,34?,36?,37?,38-,39+,40+,41+,42-,43-,49+/m0/s1. The second kappa shape index (κ2) is 19.9. The Balaban J connectivity index is 1.23. The molecule has 0 radical (unpaired) electrons. The molecular formula is C49H73N3O10. The third-order valence-electron chi connectivity index (χ3n) is 17.3. The zero-order valence-corrected chi connectivity index (χ0v) is 37.2. The summed E-state index contributed by atoms with van der Waals surface area (Å²) in [4.78, 5) is 73.8. The summed E-state index contributed by atoms with van der Waals surface area (Å²) in [5.74, 6) is 1.80.